The summed E-state index contributed by atoms with van der Waals surface area (Å²) in [5.74, 6) is -0.353. The summed E-state index contributed by atoms with van der Waals surface area (Å²) in [6, 6.07) is 0. The number of unbranched alkanes of at least 4 members (excludes halogenated alkanes) is 16. The van der Waals surface area contributed by atoms with Gasteiger partial charge in [-0.3, -0.25) is 24.2 Å². The molecule has 0 spiro atoms. The Balaban J connectivity index is 2.18. The lowest BCUT2D eigenvalue weighted by Crippen LogP contribution is -2.33. The zero-order chi connectivity index (χ0) is 35.6. The van der Waals surface area contributed by atoms with E-state index in [9.17, 15) is 14.4 Å². The van der Waals surface area contributed by atoms with Crippen molar-refractivity contribution >= 4 is 17.9 Å². The molecule has 0 aliphatic carbocycles. The molecule has 0 aromatic rings. The van der Waals surface area contributed by atoms with Crippen LogP contribution in [0.15, 0.2) is 24.3 Å². The van der Waals surface area contributed by atoms with Crippen LogP contribution < -0.4 is 0 Å². The molecule has 0 saturated carbocycles. The summed E-state index contributed by atoms with van der Waals surface area (Å²) in [4.78, 5) is 41.0. The second-order valence-corrected chi connectivity index (χ2v) is 14.0. The minimum Gasteiger partial charge on any atom is -0.461 e. The van der Waals surface area contributed by atoms with Crippen LogP contribution in [0.25, 0.3) is 0 Å². The number of hydrogen-bond donors (Lipinski definition) is 0. The zero-order valence-electron chi connectivity index (χ0n) is 31.9. The van der Waals surface area contributed by atoms with Crippen molar-refractivity contribution in [2.45, 2.75) is 174 Å². The molecule has 1 aliphatic rings. The summed E-state index contributed by atoms with van der Waals surface area (Å²) in [7, 11) is 1.97. The average molecular weight is 691 g/mol. The minimum absolute atomic E-state index is 0.0496. The van der Waals surface area contributed by atoms with Gasteiger partial charge in [-0.25, -0.2) is 0 Å². The maximum atomic E-state index is 12.7. The molecular weight excluding hydrogens is 616 g/mol. The van der Waals surface area contributed by atoms with E-state index in [0.717, 1.165) is 110 Å². The summed E-state index contributed by atoms with van der Waals surface area (Å²) in [5.41, 5.74) is 0. The van der Waals surface area contributed by atoms with Crippen molar-refractivity contribution in [3.05, 3.63) is 24.3 Å². The molecule has 1 heterocycles. The summed E-state index contributed by atoms with van der Waals surface area (Å²) >= 11 is 0. The fourth-order valence-electron chi connectivity index (χ4n) is 5.83. The molecule has 0 aromatic carbocycles. The molecule has 1 rings (SSSR count). The van der Waals surface area contributed by atoms with Crippen LogP contribution >= 0.6 is 0 Å². The highest BCUT2D eigenvalue weighted by atomic mass is 16.5. The predicted octanol–water partition coefficient (Wildman–Crippen LogP) is 9.70. The quantitative estimate of drug-likeness (QED) is 0.0214. The Morgan fingerprint density at radius 3 is 1.51 bits per heavy atom. The lowest BCUT2D eigenvalue weighted by atomic mass is 10.0. The van der Waals surface area contributed by atoms with Crippen LogP contribution in [0, 0.1) is 0 Å². The standard InChI is InChI=1S/C41H74N2O6/c1-4-6-8-10-12-20-26-34-47-39(44)30-24-18-14-16-22-28-38(49-41(46)36-42(3)37-43-32-33-43)29-23-17-15-19-25-31-40(45)48-35-27-21-13-11-9-7-5-2/h20-21,26-27,38H,4-19,22-25,28-37H2,1-3H3. The Morgan fingerprint density at radius 2 is 1.04 bits per heavy atom. The zero-order valence-corrected chi connectivity index (χ0v) is 31.9. The first-order valence-corrected chi connectivity index (χ1v) is 20.2. The number of esters is 3. The Hall–Kier alpha value is -2.19. The van der Waals surface area contributed by atoms with E-state index in [4.69, 9.17) is 14.2 Å². The molecular formula is C41H74N2O6. The van der Waals surface area contributed by atoms with Crippen molar-refractivity contribution in [3.63, 3.8) is 0 Å². The molecule has 0 atom stereocenters. The maximum Gasteiger partial charge on any atom is 0.320 e. The second-order valence-electron chi connectivity index (χ2n) is 14.0. The van der Waals surface area contributed by atoms with Crippen molar-refractivity contribution in [1.29, 1.82) is 0 Å². The van der Waals surface area contributed by atoms with Crippen molar-refractivity contribution < 1.29 is 28.6 Å². The number of allylic oxidation sites excluding steroid dienone is 2. The number of likely N-dealkylation sites (N-methyl/N-ethyl adjacent to an activating group) is 1. The smallest absolute Gasteiger partial charge is 0.320 e. The molecule has 1 fully saturated rings. The van der Waals surface area contributed by atoms with E-state index in [1.54, 1.807) is 0 Å². The molecule has 0 amide bonds. The number of nitrogens with zero attached hydrogens (tertiary/aromatic N) is 2. The van der Waals surface area contributed by atoms with E-state index in [-0.39, 0.29) is 24.0 Å². The van der Waals surface area contributed by atoms with Gasteiger partial charge >= 0.3 is 17.9 Å². The predicted molar refractivity (Wildman–Crippen MR) is 201 cm³/mol. The van der Waals surface area contributed by atoms with Gasteiger partial charge in [0, 0.05) is 25.9 Å². The van der Waals surface area contributed by atoms with Crippen molar-refractivity contribution in [2.75, 3.05) is 46.6 Å². The Labute approximate surface area is 300 Å². The van der Waals surface area contributed by atoms with Crippen molar-refractivity contribution in [1.82, 2.24) is 9.80 Å². The van der Waals surface area contributed by atoms with Gasteiger partial charge in [0.2, 0.25) is 0 Å². The number of ether oxygens (including phenoxy) is 3. The molecule has 1 aliphatic heterocycles. The molecule has 0 radical (unpaired) electrons. The Morgan fingerprint density at radius 1 is 0.592 bits per heavy atom. The summed E-state index contributed by atoms with van der Waals surface area (Å²) in [6.07, 6.45) is 33.0. The first-order valence-electron chi connectivity index (χ1n) is 20.2. The van der Waals surface area contributed by atoms with Gasteiger partial charge in [0.1, 0.15) is 19.3 Å². The highest BCUT2D eigenvalue weighted by Gasteiger charge is 2.21. The van der Waals surface area contributed by atoms with E-state index >= 15 is 0 Å². The number of carbonyl (C=O) groups excluding carboxylic acids is 3. The monoisotopic (exact) mass is 691 g/mol. The molecule has 0 bridgehead atoms. The molecule has 8 nitrogen and oxygen atoms in total. The van der Waals surface area contributed by atoms with E-state index < -0.39 is 0 Å². The maximum absolute atomic E-state index is 12.7. The number of hydrogen-bond acceptors (Lipinski definition) is 8. The highest BCUT2D eigenvalue weighted by molar-refractivity contribution is 5.71. The van der Waals surface area contributed by atoms with Crippen LogP contribution in [-0.2, 0) is 28.6 Å². The molecule has 284 valence electrons. The van der Waals surface area contributed by atoms with Crippen LogP contribution in [0.2, 0.25) is 0 Å². The van der Waals surface area contributed by atoms with Crippen LogP contribution in [0.5, 0.6) is 0 Å². The number of rotatable bonds is 35. The summed E-state index contributed by atoms with van der Waals surface area (Å²) in [5, 5.41) is 0. The van der Waals surface area contributed by atoms with E-state index in [1.165, 1.54) is 51.4 Å². The van der Waals surface area contributed by atoms with Crippen molar-refractivity contribution in [3.8, 4) is 0 Å². The van der Waals surface area contributed by atoms with Gasteiger partial charge < -0.3 is 14.2 Å². The van der Waals surface area contributed by atoms with E-state index in [1.807, 2.05) is 24.1 Å². The lowest BCUT2D eigenvalue weighted by Gasteiger charge is -2.21. The van der Waals surface area contributed by atoms with Gasteiger partial charge in [0.15, 0.2) is 0 Å². The average Bonchev–Trinajstić information content (AvgIpc) is 3.89. The normalized spacial score (nSPS) is 13.8. The Bertz CT molecular complexity index is 820. The Kier molecular flexibility index (Phi) is 30.2. The van der Waals surface area contributed by atoms with Crippen molar-refractivity contribution in [2.24, 2.45) is 0 Å². The molecule has 0 unspecified atom stereocenters. The minimum atomic E-state index is -0.135. The summed E-state index contributed by atoms with van der Waals surface area (Å²) < 4.78 is 16.6. The molecule has 49 heavy (non-hydrogen) atoms. The van der Waals surface area contributed by atoms with Gasteiger partial charge in [0.05, 0.1) is 13.2 Å². The van der Waals surface area contributed by atoms with Gasteiger partial charge in [-0.1, -0.05) is 115 Å². The third kappa shape index (κ3) is 31.5. The molecule has 0 N–H and O–H groups in total. The highest BCUT2D eigenvalue weighted by Crippen LogP contribution is 2.18. The fourth-order valence-corrected chi connectivity index (χ4v) is 5.83. The topological polar surface area (TPSA) is 85.2 Å². The van der Waals surface area contributed by atoms with Gasteiger partial charge in [-0.05, 0) is 71.3 Å². The molecule has 1 saturated heterocycles. The van der Waals surface area contributed by atoms with Crippen LogP contribution in [-0.4, -0.2) is 80.4 Å². The van der Waals surface area contributed by atoms with Gasteiger partial charge in [-0.2, -0.15) is 0 Å². The molecule has 0 aromatic heterocycles. The SMILES string of the molecule is CCCCCCC=CCOC(=O)CCCCCCCC(CCCCCCCC(=O)OCC=CCCCCCC)OC(=O)CN(C)CN1CC1. The lowest BCUT2D eigenvalue weighted by molar-refractivity contribution is -0.151. The first-order chi connectivity index (χ1) is 23.9. The van der Waals surface area contributed by atoms with Gasteiger partial charge in [0.25, 0.3) is 0 Å². The van der Waals surface area contributed by atoms with E-state index in [2.05, 4.69) is 30.9 Å². The van der Waals surface area contributed by atoms with E-state index in [0.29, 0.717) is 32.6 Å². The molecule has 8 heteroatoms. The van der Waals surface area contributed by atoms with Crippen LogP contribution in [0.1, 0.15) is 168 Å². The fraction of sp³-hybridized carbons (Fsp3) is 0.829. The number of carbonyl (C=O) groups is 3. The largest absolute Gasteiger partial charge is 0.461 e. The summed E-state index contributed by atoms with van der Waals surface area (Å²) in [6.45, 7) is 8.54. The van der Waals surface area contributed by atoms with Crippen LogP contribution in [0.4, 0.5) is 0 Å². The first kappa shape index (κ1) is 44.8. The third-order valence-corrected chi connectivity index (χ3v) is 8.96. The van der Waals surface area contributed by atoms with Crippen LogP contribution in [0.3, 0.4) is 0 Å². The second kappa shape index (κ2) is 33.0. The third-order valence-electron chi connectivity index (χ3n) is 8.96. The van der Waals surface area contributed by atoms with Gasteiger partial charge in [-0.15, -0.1) is 0 Å².